The summed E-state index contributed by atoms with van der Waals surface area (Å²) in [5.74, 6) is 0. The van der Waals surface area contributed by atoms with Crippen LogP contribution in [0.4, 0.5) is 0 Å². The molecule has 0 spiro atoms. The van der Waals surface area contributed by atoms with Crippen LogP contribution in [0, 0.1) is 5.41 Å². The largest absolute Gasteiger partial charge is 0.299 e. The number of hydrogen-bond acceptors (Lipinski definition) is 1. The maximum Gasteiger partial charge on any atom is 0.143 e. The number of aldehydes is 1. The zero-order chi connectivity index (χ0) is 15.9. The summed E-state index contributed by atoms with van der Waals surface area (Å²) in [6, 6.07) is 0. The Hall–Kier alpha value is -1.63. The van der Waals surface area contributed by atoms with Gasteiger partial charge in [-0.05, 0) is 62.7 Å². The zero-order valence-corrected chi connectivity index (χ0v) is 14.1. The van der Waals surface area contributed by atoms with Crippen molar-refractivity contribution < 1.29 is 4.79 Å². The SMILES string of the molecule is CC(C=CC1=C(C)CCCC1(C)C)=CC=C/C(C)=C/C=O. The molecule has 0 radical (unpaired) electrons. The Balaban J connectivity index is 2.80. The molecule has 0 saturated heterocycles. The van der Waals surface area contributed by atoms with E-state index in [1.807, 2.05) is 19.1 Å². The Bertz CT molecular complexity index is 522. The van der Waals surface area contributed by atoms with Crippen LogP contribution in [0.5, 0.6) is 0 Å². The van der Waals surface area contributed by atoms with E-state index in [2.05, 4.69) is 45.9 Å². The van der Waals surface area contributed by atoms with Gasteiger partial charge in [-0.25, -0.2) is 0 Å². The van der Waals surface area contributed by atoms with Gasteiger partial charge in [0, 0.05) is 0 Å². The maximum absolute atomic E-state index is 10.3. The summed E-state index contributed by atoms with van der Waals surface area (Å²) in [5, 5.41) is 0. The van der Waals surface area contributed by atoms with E-state index in [4.69, 9.17) is 0 Å². The predicted molar refractivity (Wildman–Crippen MR) is 92.2 cm³/mol. The van der Waals surface area contributed by atoms with Crippen LogP contribution in [-0.2, 0) is 4.79 Å². The molecular weight excluding hydrogens is 256 g/mol. The highest BCUT2D eigenvalue weighted by Crippen LogP contribution is 2.40. The lowest BCUT2D eigenvalue weighted by atomic mass is 9.72. The first kappa shape index (κ1) is 17.4. The van der Waals surface area contributed by atoms with E-state index < -0.39 is 0 Å². The minimum atomic E-state index is 0.290. The Morgan fingerprint density at radius 2 is 1.76 bits per heavy atom. The Morgan fingerprint density at radius 1 is 1.10 bits per heavy atom. The van der Waals surface area contributed by atoms with Crippen molar-refractivity contribution in [2.45, 2.75) is 53.9 Å². The Kier molecular flexibility index (Phi) is 6.61. The molecule has 0 amide bonds. The molecule has 114 valence electrons. The van der Waals surface area contributed by atoms with Crippen molar-refractivity contribution >= 4 is 6.29 Å². The van der Waals surface area contributed by atoms with E-state index in [9.17, 15) is 4.79 Å². The van der Waals surface area contributed by atoms with Gasteiger partial charge in [0.1, 0.15) is 6.29 Å². The van der Waals surface area contributed by atoms with Crippen molar-refractivity contribution in [3.8, 4) is 0 Å². The molecule has 0 bridgehead atoms. The van der Waals surface area contributed by atoms with Crippen molar-refractivity contribution in [3.63, 3.8) is 0 Å². The summed E-state index contributed by atoms with van der Waals surface area (Å²) in [5.41, 5.74) is 5.48. The van der Waals surface area contributed by atoms with Crippen molar-refractivity contribution in [1.82, 2.24) is 0 Å². The van der Waals surface area contributed by atoms with E-state index >= 15 is 0 Å². The van der Waals surface area contributed by atoms with Gasteiger partial charge in [-0.1, -0.05) is 55.4 Å². The van der Waals surface area contributed by atoms with Crippen molar-refractivity contribution in [1.29, 1.82) is 0 Å². The summed E-state index contributed by atoms with van der Waals surface area (Å²) in [6.45, 7) is 10.9. The lowest BCUT2D eigenvalue weighted by Gasteiger charge is -2.32. The number of carbonyl (C=O) groups excluding carboxylic acids is 1. The van der Waals surface area contributed by atoms with Gasteiger partial charge in [-0.15, -0.1) is 0 Å². The molecule has 1 aliphatic rings. The molecule has 0 aromatic carbocycles. The van der Waals surface area contributed by atoms with Gasteiger partial charge < -0.3 is 0 Å². The van der Waals surface area contributed by atoms with Gasteiger partial charge in [0.15, 0.2) is 0 Å². The van der Waals surface area contributed by atoms with Crippen LogP contribution in [0.25, 0.3) is 0 Å². The van der Waals surface area contributed by atoms with Crippen LogP contribution in [0.2, 0.25) is 0 Å². The summed E-state index contributed by atoms with van der Waals surface area (Å²) >= 11 is 0. The topological polar surface area (TPSA) is 17.1 Å². The second kappa shape index (κ2) is 7.97. The molecule has 1 aliphatic carbocycles. The Labute approximate surface area is 129 Å². The van der Waals surface area contributed by atoms with Crippen LogP contribution in [0.3, 0.4) is 0 Å². The van der Waals surface area contributed by atoms with Crippen LogP contribution in [0.15, 0.2) is 58.7 Å². The second-order valence-corrected chi connectivity index (χ2v) is 6.58. The quantitative estimate of drug-likeness (QED) is 0.358. The van der Waals surface area contributed by atoms with Gasteiger partial charge in [0.2, 0.25) is 0 Å². The maximum atomic E-state index is 10.3. The van der Waals surface area contributed by atoms with E-state index in [1.54, 1.807) is 6.08 Å². The second-order valence-electron chi connectivity index (χ2n) is 6.58. The van der Waals surface area contributed by atoms with E-state index in [-0.39, 0.29) is 5.41 Å². The first-order valence-corrected chi connectivity index (χ1v) is 7.72. The van der Waals surface area contributed by atoms with Crippen LogP contribution >= 0.6 is 0 Å². The molecule has 0 aromatic rings. The van der Waals surface area contributed by atoms with E-state index in [1.165, 1.54) is 36.0 Å². The number of carbonyl (C=O) groups is 1. The molecule has 0 aromatic heterocycles. The average Bonchev–Trinajstić information content (AvgIpc) is 2.37. The lowest BCUT2D eigenvalue weighted by molar-refractivity contribution is -0.104. The average molecular weight is 284 g/mol. The van der Waals surface area contributed by atoms with Crippen LogP contribution in [-0.4, -0.2) is 6.29 Å². The normalized spacial score (nSPS) is 20.6. The molecule has 0 saturated carbocycles. The van der Waals surface area contributed by atoms with Gasteiger partial charge in [-0.2, -0.15) is 0 Å². The fourth-order valence-corrected chi connectivity index (χ4v) is 2.80. The third-order valence-electron chi connectivity index (χ3n) is 4.10. The Morgan fingerprint density at radius 3 is 2.38 bits per heavy atom. The van der Waals surface area contributed by atoms with E-state index in [0.29, 0.717) is 0 Å². The van der Waals surface area contributed by atoms with Gasteiger partial charge in [-0.3, -0.25) is 4.79 Å². The fraction of sp³-hybridized carbons (Fsp3) is 0.450. The van der Waals surface area contributed by atoms with Crippen molar-refractivity contribution in [3.05, 3.63) is 58.7 Å². The molecule has 21 heavy (non-hydrogen) atoms. The highest BCUT2D eigenvalue weighted by atomic mass is 16.1. The van der Waals surface area contributed by atoms with Gasteiger partial charge in [0.05, 0.1) is 0 Å². The number of rotatable bonds is 5. The lowest BCUT2D eigenvalue weighted by Crippen LogP contribution is -2.19. The molecule has 0 heterocycles. The summed E-state index contributed by atoms with van der Waals surface area (Å²) in [6.07, 6.45) is 16.6. The molecule has 1 heteroatoms. The van der Waals surface area contributed by atoms with Crippen molar-refractivity contribution in [2.24, 2.45) is 5.41 Å². The smallest absolute Gasteiger partial charge is 0.143 e. The van der Waals surface area contributed by atoms with Gasteiger partial charge in [0.25, 0.3) is 0 Å². The molecular formula is C20H28O. The molecule has 0 fully saturated rings. The minimum absolute atomic E-state index is 0.290. The van der Waals surface area contributed by atoms with Crippen molar-refractivity contribution in [2.75, 3.05) is 0 Å². The van der Waals surface area contributed by atoms with Crippen LogP contribution < -0.4 is 0 Å². The predicted octanol–water partition coefficient (Wildman–Crippen LogP) is 5.72. The summed E-state index contributed by atoms with van der Waals surface area (Å²) in [4.78, 5) is 10.3. The van der Waals surface area contributed by atoms with E-state index in [0.717, 1.165) is 11.9 Å². The molecule has 0 atom stereocenters. The third-order valence-corrected chi connectivity index (χ3v) is 4.10. The molecule has 0 aliphatic heterocycles. The fourth-order valence-electron chi connectivity index (χ4n) is 2.80. The van der Waals surface area contributed by atoms with Gasteiger partial charge >= 0.3 is 0 Å². The first-order valence-electron chi connectivity index (χ1n) is 7.72. The monoisotopic (exact) mass is 284 g/mol. The molecule has 1 rings (SSSR count). The minimum Gasteiger partial charge on any atom is -0.299 e. The third kappa shape index (κ3) is 5.71. The van der Waals surface area contributed by atoms with Crippen LogP contribution in [0.1, 0.15) is 53.9 Å². The number of allylic oxidation sites excluding steroid dienone is 10. The number of hydrogen-bond donors (Lipinski definition) is 0. The summed E-state index contributed by atoms with van der Waals surface area (Å²) in [7, 11) is 0. The highest BCUT2D eigenvalue weighted by molar-refractivity contribution is 5.66. The summed E-state index contributed by atoms with van der Waals surface area (Å²) < 4.78 is 0. The first-order chi connectivity index (χ1) is 9.86. The molecule has 1 nitrogen and oxygen atoms in total. The standard InChI is InChI=1S/C20H28O/c1-16(8-6-9-17(2)13-15-21)11-12-19-18(3)10-7-14-20(19,4)5/h6,8-9,11-13,15H,7,10,14H2,1-5H3/b9-6?,12-11?,16-8?,17-13+. The molecule has 0 unspecified atom stereocenters. The zero-order valence-electron chi connectivity index (χ0n) is 14.1. The molecule has 0 N–H and O–H groups in total. The highest BCUT2D eigenvalue weighted by Gasteiger charge is 2.26.